The van der Waals surface area contributed by atoms with Crippen LogP contribution in [0.5, 0.6) is 5.75 Å². The Morgan fingerprint density at radius 3 is 2.76 bits per heavy atom. The molecule has 5 nitrogen and oxygen atoms in total. The molecule has 110 valence electrons. The molecule has 2 rings (SSSR count). The maximum Gasteiger partial charge on any atom is 0.258 e. The van der Waals surface area contributed by atoms with E-state index < -0.39 is 0 Å². The van der Waals surface area contributed by atoms with Crippen LogP contribution < -0.4 is 10.1 Å². The largest absolute Gasteiger partial charge is 0.478 e. The smallest absolute Gasteiger partial charge is 0.258 e. The highest BCUT2D eigenvalue weighted by molar-refractivity contribution is 5.87. The van der Waals surface area contributed by atoms with Crippen LogP contribution in [0.3, 0.4) is 0 Å². The predicted octanol–water partition coefficient (Wildman–Crippen LogP) is 2.84. The van der Waals surface area contributed by atoms with Crippen molar-refractivity contribution in [2.24, 2.45) is 5.92 Å². The minimum atomic E-state index is -0.217. The number of hydrogen-bond donors (Lipinski definition) is 1. The van der Waals surface area contributed by atoms with Crippen molar-refractivity contribution in [1.29, 1.82) is 5.26 Å². The van der Waals surface area contributed by atoms with Crippen LogP contribution >= 0.6 is 0 Å². The second kappa shape index (κ2) is 6.31. The molecule has 1 unspecified atom stereocenters. The van der Waals surface area contributed by atoms with E-state index in [0.29, 0.717) is 22.6 Å². The summed E-state index contributed by atoms with van der Waals surface area (Å²) in [5, 5.41) is 12.6. The second-order valence-electron chi connectivity index (χ2n) is 5.26. The fraction of sp³-hybridized carbons (Fsp3) is 0.375. The molecule has 2 aromatic rings. The van der Waals surface area contributed by atoms with Crippen molar-refractivity contribution in [3.8, 4) is 11.8 Å². The minimum absolute atomic E-state index is 0.0673. The SMILES string of the molecule is CC(C)C(C)NC(=O)COc1c(C#N)oc2ccccc12. The highest BCUT2D eigenvalue weighted by Crippen LogP contribution is 2.32. The van der Waals surface area contributed by atoms with Gasteiger partial charge in [-0.1, -0.05) is 26.0 Å². The van der Waals surface area contributed by atoms with E-state index in [1.165, 1.54) is 0 Å². The number of furan rings is 1. The number of carbonyl (C=O) groups excluding carboxylic acids is 1. The van der Waals surface area contributed by atoms with Gasteiger partial charge in [0.2, 0.25) is 5.76 Å². The molecule has 1 amide bonds. The average Bonchev–Trinajstić information content (AvgIpc) is 2.82. The first kappa shape index (κ1) is 14.9. The summed E-state index contributed by atoms with van der Waals surface area (Å²) >= 11 is 0. The van der Waals surface area contributed by atoms with Crippen molar-refractivity contribution in [1.82, 2.24) is 5.32 Å². The summed E-state index contributed by atoms with van der Waals surface area (Å²) in [4.78, 5) is 11.8. The highest BCUT2D eigenvalue weighted by Gasteiger charge is 2.17. The van der Waals surface area contributed by atoms with E-state index >= 15 is 0 Å². The Morgan fingerprint density at radius 1 is 1.38 bits per heavy atom. The Labute approximate surface area is 123 Å². The van der Waals surface area contributed by atoms with Crippen molar-refractivity contribution in [2.75, 3.05) is 6.61 Å². The molecular formula is C16H18N2O3. The van der Waals surface area contributed by atoms with Crippen LogP contribution in [-0.4, -0.2) is 18.6 Å². The van der Waals surface area contributed by atoms with Crippen LogP contribution in [0.4, 0.5) is 0 Å². The molecule has 1 aromatic carbocycles. The van der Waals surface area contributed by atoms with E-state index in [0.717, 1.165) is 0 Å². The summed E-state index contributed by atoms with van der Waals surface area (Å²) in [6, 6.07) is 9.20. The molecule has 0 spiro atoms. The number of benzene rings is 1. The third-order valence-electron chi connectivity index (χ3n) is 3.39. The number of fused-ring (bicyclic) bond motifs is 1. The van der Waals surface area contributed by atoms with Gasteiger partial charge < -0.3 is 14.5 Å². The summed E-state index contributed by atoms with van der Waals surface area (Å²) in [5.41, 5.74) is 0.569. The van der Waals surface area contributed by atoms with Crippen LogP contribution in [0.15, 0.2) is 28.7 Å². The van der Waals surface area contributed by atoms with Crippen molar-refractivity contribution in [3.63, 3.8) is 0 Å². The van der Waals surface area contributed by atoms with Crippen molar-refractivity contribution in [2.45, 2.75) is 26.8 Å². The molecule has 21 heavy (non-hydrogen) atoms. The second-order valence-corrected chi connectivity index (χ2v) is 5.26. The number of nitriles is 1. The van der Waals surface area contributed by atoms with Gasteiger partial charge in [0.1, 0.15) is 11.7 Å². The molecule has 0 aliphatic rings. The Kier molecular flexibility index (Phi) is 4.49. The topological polar surface area (TPSA) is 75.3 Å². The van der Waals surface area contributed by atoms with Crippen LogP contribution in [0, 0.1) is 17.2 Å². The quantitative estimate of drug-likeness (QED) is 0.917. The Bertz CT molecular complexity index is 682. The molecule has 0 saturated carbocycles. The number of rotatable bonds is 5. The molecule has 1 heterocycles. The third-order valence-corrected chi connectivity index (χ3v) is 3.39. The van der Waals surface area contributed by atoms with Gasteiger partial charge in [0.05, 0.1) is 5.39 Å². The van der Waals surface area contributed by atoms with Gasteiger partial charge in [-0.2, -0.15) is 5.26 Å². The molecule has 0 aliphatic carbocycles. The molecule has 1 atom stereocenters. The van der Waals surface area contributed by atoms with Crippen molar-refractivity contribution in [3.05, 3.63) is 30.0 Å². The standard InChI is InChI=1S/C16H18N2O3/c1-10(2)11(3)18-15(19)9-20-16-12-6-4-5-7-13(12)21-14(16)8-17/h4-7,10-11H,9H2,1-3H3,(H,18,19). The van der Waals surface area contributed by atoms with Gasteiger partial charge in [-0.3, -0.25) is 4.79 Å². The Hall–Kier alpha value is -2.48. The number of carbonyl (C=O) groups is 1. The van der Waals surface area contributed by atoms with Gasteiger partial charge in [-0.25, -0.2) is 0 Å². The summed E-state index contributed by atoms with van der Waals surface area (Å²) in [5.74, 6) is 0.533. The number of hydrogen-bond acceptors (Lipinski definition) is 4. The van der Waals surface area contributed by atoms with Gasteiger partial charge in [0.15, 0.2) is 12.4 Å². The first-order valence-electron chi connectivity index (χ1n) is 6.86. The number of para-hydroxylation sites is 1. The van der Waals surface area contributed by atoms with Crippen molar-refractivity contribution < 1.29 is 13.9 Å². The zero-order valence-corrected chi connectivity index (χ0v) is 12.3. The zero-order chi connectivity index (χ0) is 15.4. The monoisotopic (exact) mass is 286 g/mol. The molecule has 0 radical (unpaired) electrons. The van der Waals surface area contributed by atoms with Crippen LogP contribution in [-0.2, 0) is 4.79 Å². The molecule has 0 fully saturated rings. The fourth-order valence-corrected chi connectivity index (χ4v) is 1.84. The number of ether oxygens (including phenoxy) is 1. The van der Waals surface area contributed by atoms with Crippen molar-refractivity contribution >= 4 is 16.9 Å². The lowest BCUT2D eigenvalue weighted by atomic mass is 10.1. The summed E-state index contributed by atoms with van der Waals surface area (Å²) in [7, 11) is 0. The predicted molar refractivity (Wildman–Crippen MR) is 78.9 cm³/mol. The first-order chi connectivity index (χ1) is 10.0. The van der Waals surface area contributed by atoms with Gasteiger partial charge in [-0.05, 0) is 25.0 Å². The third kappa shape index (κ3) is 3.34. The molecule has 0 bridgehead atoms. The van der Waals surface area contributed by atoms with E-state index in [4.69, 9.17) is 14.4 Å². The summed E-state index contributed by atoms with van der Waals surface area (Å²) < 4.78 is 10.9. The van der Waals surface area contributed by atoms with Gasteiger partial charge in [-0.15, -0.1) is 0 Å². The maximum atomic E-state index is 11.8. The lowest BCUT2D eigenvalue weighted by Gasteiger charge is -2.17. The number of nitrogens with one attached hydrogen (secondary N) is 1. The van der Waals surface area contributed by atoms with Crippen LogP contribution in [0.2, 0.25) is 0 Å². The summed E-state index contributed by atoms with van der Waals surface area (Å²) in [6.07, 6.45) is 0. The Morgan fingerprint density at radius 2 is 2.10 bits per heavy atom. The summed E-state index contributed by atoms with van der Waals surface area (Å²) in [6.45, 7) is 5.86. The lowest BCUT2D eigenvalue weighted by Crippen LogP contribution is -2.38. The zero-order valence-electron chi connectivity index (χ0n) is 12.3. The lowest BCUT2D eigenvalue weighted by molar-refractivity contribution is -0.123. The van der Waals surface area contributed by atoms with Gasteiger partial charge in [0, 0.05) is 6.04 Å². The number of amides is 1. The molecular weight excluding hydrogens is 268 g/mol. The molecule has 0 saturated heterocycles. The fourth-order valence-electron chi connectivity index (χ4n) is 1.84. The normalized spacial score (nSPS) is 12.1. The first-order valence-corrected chi connectivity index (χ1v) is 6.86. The highest BCUT2D eigenvalue weighted by atomic mass is 16.5. The van der Waals surface area contributed by atoms with Crippen LogP contribution in [0.1, 0.15) is 26.5 Å². The maximum absolute atomic E-state index is 11.8. The molecule has 0 aliphatic heterocycles. The minimum Gasteiger partial charge on any atom is -0.478 e. The molecule has 1 N–H and O–H groups in total. The van der Waals surface area contributed by atoms with Gasteiger partial charge >= 0.3 is 0 Å². The van der Waals surface area contributed by atoms with E-state index in [1.54, 1.807) is 12.1 Å². The van der Waals surface area contributed by atoms with E-state index in [1.807, 2.05) is 39.0 Å². The van der Waals surface area contributed by atoms with E-state index in [-0.39, 0.29) is 24.3 Å². The Balaban J connectivity index is 2.10. The average molecular weight is 286 g/mol. The van der Waals surface area contributed by atoms with Crippen LogP contribution in [0.25, 0.3) is 11.0 Å². The van der Waals surface area contributed by atoms with E-state index in [2.05, 4.69) is 5.32 Å². The molecule has 1 aromatic heterocycles. The number of nitrogens with zero attached hydrogens (tertiary/aromatic N) is 1. The van der Waals surface area contributed by atoms with E-state index in [9.17, 15) is 4.79 Å². The van der Waals surface area contributed by atoms with Gasteiger partial charge in [0.25, 0.3) is 5.91 Å². The molecule has 5 heteroatoms.